The Hall–Kier alpha value is -2.63. The van der Waals surface area contributed by atoms with E-state index in [4.69, 9.17) is 9.15 Å². The minimum absolute atomic E-state index is 0.0365. The van der Waals surface area contributed by atoms with Gasteiger partial charge >= 0.3 is 5.69 Å². The summed E-state index contributed by atoms with van der Waals surface area (Å²) in [5.74, 6) is 0.214. The van der Waals surface area contributed by atoms with Gasteiger partial charge in [-0.3, -0.25) is 14.9 Å². The first kappa shape index (κ1) is 12.8. The lowest BCUT2D eigenvalue weighted by molar-refractivity contribution is -0.385. The van der Waals surface area contributed by atoms with Crippen molar-refractivity contribution in [2.75, 3.05) is 0 Å². The van der Waals surface area contributed by atoms with Crippen molar-refractivity contribution < 1.29 is 18.9 Å². The number of aryl methyl sites for hydroxylation is 1. The summed E-state index contributed by atoms with van der Waals surface area (Å²) < 4.78 is 10.3. The van der Waals surface area contributed by atoms with E-state index in [0.29, 0.717) is 12.7 Å². The smallest absolute Gasteiger partial charge is 0.311 e. The normalized spacial score (nSPS) is 10.2. The van der Waals surface area contributed by atoms with E-state index in [-0.39, 0.29) is 23.1 Å². The van der Waals surface area contributed by atoms with Gasteiger partial charge < -0.3 is 9.15 Å². The maximum Gasteiger partial charge on any atom is 0.311 e. The van der Waals surface area contributed by atoms with E-state index in [1.54, 1.807) is 6.07 Å². The molecule has 0 N–H and O–H groups in total. The predicted octanol–water partition coefficient (Wildman–Crippen LogP) is 3.36. The Labute approximate surface area is 108 Å². The lowest BCUT2D eigenvalue weighted by Crippen LogP contribution is -1.94. The van der Waals surface area contributed by atoms with Crippen molar-refractivity contribution in [3.05, 3.63) is 51.8 Å². The van der Waals surface area contributed by atoms with E-state index in [1.165, 1.54) is 24.3 Å². The van der Waals surface area contributed by atoms with E-state index >= 15 is 0 Å². The number of benzene rings is 1. The maximum atomic E-state index is 11.0. The van der Waals surface area contributed by atoms with Crippen LogP contribution in [0.25, 0.3) is 0 Å². The molecule has 1 aromatic carbocycles. The van der Waals surface area contributed by atoms with Crippen LogP contribution in [0.15, 0.2) is 34.7 Å². The third-order valence-electron chi connectivity index (χ3n) is 2.56. The van der Waals surface area contributed by atoms with Crippen LogP contribution in [-0.4, -0.2) is 11.2 Å². The molecular weight excluding hydrogens is 250 g/mol. The molecule has 6 nitrogen and oxygen atoms in total. The van der Waals surface area contributed by atoms with Gasteiger partial charge in [0.2, 0.25) is 5.75 Å². The van der Waals surface area contributed by atoms with Crippen molar-refractivity contribution in [3.63, 3.8) is 0 Å². The number of nitro benzene ring substituents is 1. The van der Waals surface area contributed by atoms with Gasteiger partial charge in [-0.2, -0.15) is 0 Å². The molecule has 1 heterocycles. The average molecular weight is 261 g/mol. The molecule has 19 heavy (non-hydrogen) atoms. The van der Waals surface area contributed by atoms with Crippen LogP contribution < -0.4 is 4.74 Å². The fourth-order valence-electron chi connectivity index (χ4n) is 1.57. The van der Waals surface area contributed by atoms with E-state index in [9.17, 15) is 14.9 Å². The molecule has 0 atom stereocenters. The first-order valence-corrected chi connectivity index (χ1v) is 5.64. The monoisotopic (exact) mass is 261 g/mol. The topological polar surface area (TPSA) is 82.6 Å². The zero-order valence-corrected chi connectivity index (χ0v) is 10.2. The van der Waals surface area contributed by atoms with Crippen LogP contribution in [0.4, 0.5) is 5.69 Å². The zero-order chi connectivity index (χ0) is 13.8. The number of nitro groups is 1. The van der Waals surface area contributed by atoms with Gasteiger partial charge in [-0.15, -0.1) is 0 Å². The highest BCUT2D eigenvalue weighted by molar-refractivity contribution is 5.70. The highest BCUT2D eigenvalue weighted by Crippen LogP contribution is 2.32. The second-order valence-electron chi connectivity index (χ2n) is 3.79. The van der Waals surface area contributed by atoms with Crippen molar-refractivity contribution in [2.45, 2.75) is 13.3 Å². The second-order valence-corrected chi connectivity index (χ2v) is 3.79. The number of carbonyl (C=O) groups is 1. The summed E-state index contributed by atoms with van der Waals surface area (Å²) in [6.07, 6.45) is 1.22. The number of carbonyl (C=O) groups excluding carboxylic acids is 1. The lowest BCUT2D eigenvalue weighted by Gasteiger charge is -2.04. The molecular formula is C13H11NO5. The molecule has 0 radical (unpaired) electrons. The highest BCUT2D eigenvalue weighted by atomic mass is 16.6. The number of furan rings is 1. The summed E-state index contributed by atoms with van der Waals surface area (Å²) >= 11 is 0. The third kappa shape index (κ3) is 2.79. The quantitative estimate of drug-likeness (QED) is 0.468. The van der Waals surface area contributed by atoms with Gasteiger partial charge in [-0.05, 0) is 24.1 Å². The fourth-order valence-corrected chi connectivity index (χ4v) is 1.57. The first-order valence-electron chi connectivity index (χ1n) is 5.64. The molecule has 0 saturated heterocycles. The minimum Gasteiger partial charge on any atom is -0.422 e. The fraction of sp³-hybridized carbons (Fsp3) is 0.154. The van der Waals surface area contributed by atoms with Crippen molar-refractivity contribution in [1.29, 1.82) is 0 Å². The molecule has 0 fully saturated rings. The number of aldehydes is 1. The van der Waals surface area contributed by atoms with Gasteiger partial charge in [0.15, 0.2) is 12.0 Å². The predicted molar refractivity (Wildman–Crippen MR) is 66.6 cm³/mol. The molecule has 0 amide bonds. The van der Waals surface area contributed by atoms with Crippen LogP contribution in [0.3, 0.4) is 0 Å². The zero-order valence-electron chi connectivity index (χ0n) is 10.2. The summed E-state index contributed by atoms with van der Waals surface area (Å²) in [6.45, 7) is 1.91. The Morgan fingerprint density at radius 3 is 2.74 bits per heavy atom. The molecule has 6 heteroatoms. The van der Waals surface area contributed by atoms with Crippen molar-refractivity contribution in [3.8, 4) is 11.7 Å². The van der Waals surface area contributed by atoms with Gasteiger partial charge in [0.05, 0.1) is 4.92 Å². The molecule has 0 bridgehead atoms. The molecule has 0 aliphatic rings. The van der Waals surface area contributed by atoms with Crippen LogP contribution in [0.1, 0.15) is 23.0 Å². The maximum absolute atomic E-state index is 11.0. The molecule has 2 rings (SSSR count). The van der Waals surface area contributed by atoms with Crippen LogP contribution in [0.2, 0.25) is 0 Å². The Morgan fingerprint density at radius 1 is 1.37 bits per heavy atom. The summed E-state index contributed by atoms with van der Waals surface area (Å²) in [6, 6.07) is 7.57. The Morgan fingerprint density at radius 2 is 2.16 bits per heavy atom. The van der Waals surface area contributed by atoms with Gasteiger partial charge in [0.25, 0.3) is 5.95 Å². The van der Waals surface area contributed by atoms with Gasteiger partial charge in [-0.1, -0.05) is 13.0 Å². The van der Waals surface area contributed by atoms with E-state index in [1.807, 2.05) is 6.92 Å². The van der Waals surface area contributed by atoms with Crippen molar-refractivity contribution in [2.24, 2.45) is 0 Å². The largest absolute Gasteiger partial charge is 0.422 e. The first-order chi connectivity index (χ1) is 9.13. The van der Waals surface area contributed by atoms with Crippen molar-refractivity contribution >= 4 is 12.0 Å². The molecule has 0 spiro atoms. The van der Waals surface area contributed by atoms with E-state index < -0.39 is 4.92 Å². The summed E-state index contributed by atoms with van der Waals surface area (Å²) in [5.41, 5.74) is 0.704. The third-order valence-corrected chi connectivity index (χ3v) is 2.56. The molecule has 1 aromatic heterocycles. The number of ether oxygens (including phenoxy) is 1. The second kappa shape index (κ2) is 5.34. The molecule has 0 saturated carbocycles. The van der Waals surface area contributed by atoms with Crippen LogP contribution in [-0.2, 0) is 6.42 Å². The van der Waals surface area contributed by atoms with Gasteiger partial charge in [0.1, 0.15) is 0 Å². The SMILES string of the molecule is CCc1ccc(Oc2ccc(C=O)o2)c([N+](=O)[O-])c1. The van der Waals surface area contributed by atoms with Crippen molar-refractivity contribution in [1.82, 2.24) is 0 Å². The van der Waals surface area contributed by atoms with Crippen LogP contribution in [0.5, 0.6) is 11.7 Å². The van der Waals surface area contributed by atoms with Crippen LogP contribution in [0, 0.1) is 10.1 Å². The van der Waals surface area contributed by atoms with E-state index in [0.717, 1.165) is 5.56 Å². The molecule has 0 unspecified atom stereocenters. The Kier molecular flexibility index (Phi) is 3.61. The van der Waals surface area contributed by atoms with Gasteiger partial charge in [-0.25, -0.2) is 0 Å². The number of hydrogen-bond donors (Lipinski definition) is 0. The molecule has 2 aromatic rings. The average Bonchev–Trinajstić information content (AvgIpc) is 2.86. The van der Waals surface area contributed by atoms with E-state index in [2.05, 4.69) is 0 Å². The molecule has 98 valence electrons. The minimum atomic E-state index is -0.516. The highest BCUT2D eigenvalue weighted by Gasteiger charge is 2.17. The lowest BCUT2D eigenvalue weighted by atomic mass is 10.1. The number of hydrogen-bond acceptors (Lipinski definition) is 5. The van der Waals surface area contributed by atoms with Crippen LogP contribution >= 0.6 is 0 Å². The molecule has 0 aliphatic heterocycles. The number of rotatable bonds is 5. The summed E-state index contributed by atoms with van der Waals surface area (Å²) in [5, 5.41) is 11.0. The standard InChI is InChI=1S/C13H11NO5/c1-2-9-3-5-12(11(7-9)14(16)17)19-13-6-4-10(8-15)18-13/h3-8H,2H2,1H3. The Bertz CT molecular complexity index is 617. The van der Waals surface area contributed by atoms with Gasteiger partial charge in [0, 0.05) is 12.1 Å². The molecule has 0 aliphatic carbocycles. The Balaban J connectivity index is 2.33. The summed E-state index contributed by atoms with van der Waals surface area (Å²) in [4.78, 5) is 20.9. The number of nitrogens with zero attached hydrogens (tertiary/aromatic N) is 1. The summed E-state index contributed by atoms with van der Waals surface area (Å²) in [7, 11) is 0.